The third kappa shape index (κ3) is 4.53. The number of aromatic nitrogens is 1. The molecule has 1 aliphatic rings. The fourth-order valence-electron chi connectivity index (χ4n) is 2.32. The molecule has 0 radical (unpaired) electrons. The first-order valence-corrected chi connectivity index (χ1v) is 7.80. The molecule has 1 fully saturated rings. The van der Waals surface area contributed by atoms with E-state index in [1.54, 1.807) is 16.7 Å². The summed E-state index contributed by atoms with van der Waals surface area (Å²) >= 11 is 1.78. The van der Waals surface area contributed by atoms with Crippen LogP contribution in [0.5, 0.6) is 5.75 Å². The van der Waals surface area contributed by atoms with Crippen molar-refractivity contribution in [2.24, 2.45) is 0 Å². The Morgan fingerprint density at radius 1 is 1.41 bits per heavy atom. The van der Waals surface area contributed by atoms with E-state index >= 15 is 0 Å². The lowest BCUT2D eigenvalue weighted by Gasteiger charge is -2.34. The highest BCUT2D eigenvalue weighted by molar-refractivity contribution is 8.00. The number of amides is 1. The summed E-state index contributed by atoms with van der Waals surface area (Å²) in [5, 5.41) is 0.548. The van der Waals surface area contributed by atoms with E-state index in [1.807, 2.05) is 13.8 Å². The average Bonchev–Trinajstić information content (AvgIpc) is 2.43. The molecule has 0 spiro atoms. The first-order valence-electron chi connectivity index (χ1n) is 6.85. The zero-order valence-corrected chi connectivity index (χ0v) is 13.1. The second-order valence-corrected chi connectivity index (χ2v) is 7.10. The quantitative estimate of drug-likeness (QED) is 0.852. The molecule has 2 heterocycles. The van der Waals surface area contributed by atoms with Gasteiger partial charge < -0.3 is 9.64 Å². The SMILES string of the molecule is C[C@H]1CN(C(=O)c2ncccc2OCC(F)(F)F)C[C@H](C)S1. The molecule has 4 nitrogen and oxygen atoms in total. The molecule has 0 N–H and O–H groups in total. The van der Waals surface area contributed by atoms with Crippen LogP contribution in [-0.2, 0) is 0 Å². The van der Waals surface area contributed by atoms with Crippen molar-refractivity contribution in [3.05, 3.63) is 24.0 Å². The number of nitrogens with zero attached hydrogens (tertiary/aromatic N) is 2. The number of alkyl halides is 3. The van der Waals surface area contributed by atoms with Crippen molar-refractivity contribution in [2.45, 2.75) is 30.5 Å². The third-order valence-electron chi connectivity index (χ3n) is 3.07. The van der Waals surface area contributed by atoms with E-state index in [2.05, 4.69) is 4.98 Å². The van der Waals surface area contributed by atoms with Gasteiger partial charge in [-0.2, -0.15) is 24.9 Å². The minimum atomic E-state index is -4.46. The number of pyridine rings is 1. The Labute approximate surface area is 131 Å². The van der Waals surface area contributed by atoms with Crippen molar-refractivity contribution in [1.82, 2.24) is 9.88 Å². The van der Waals surface area contributed by atoms with Gasteiger partial charge in [0.25, 0.3) is 5.91 Å². The van der Waals surface area contributed by atoms with Crippen LogP contribution in [0, 0.1) is 0 Å². The molecule has 2 atom stereocenters. The molecule has 0 aromatic carbocycles. The number of hydrogen-bond acceptors (Lipinski definition) is 4. The highest BCUT2D eigenvalue weighted by Crippen LogP contribution is 2.27. The molecule has 1 aromatic heterocycles. The van der Waals surface area contributed by atoms with Crippen molar-refractivity contribution in [1.29, 1.82) is 0 Å². The van der Waals surface area contributed by atoms with Crippen molar-refractivity contribution >= 4 is 17.7 Å². The number of halogens is 3. The molecule has 1 amide bonds. The second-order valence-electron chi connectivity index (χ2n) is 5.22. The van der Waals surface area contributed by atoms with E-state index in [1.165, 1.54) is 18.3 Å². The third-order valence-corrected chi connectivity index (χ3v) is 4.30. The predicted octanol–water partition coefficient (Wildman–Crippen LogP) is 2.99. The fourth-order valence-corrected chi connectivity index (χ4v) is 3.65. The Morgan fingerprint density at radius 2 is 2.05 bits per heavy atom. The first-order chi connectivity index (χ1) is 10.3. The molecular weight excluding hydrogens is 317 g/mol. The molecule has 0 bridgehead atoms. The molecule has 0 aliphatic carbocycles. The minimum Gasteiger partial charge on any atom is -0.482 e. The lowest BCUT2D eigenvalue weighted by Crippen LogP contribution is -2.44. The molecule has 0 saturated carbocycles. The van der Waals surface area contributed by atoms with E-state index in [0.717, 1.165) is 0 Å². The van der Waals surface area contributed by atoms with Crippen molar-refractivity contribution in [3.8, 4) is 5.75 Å². The van der Waals surface area contributed by atoms with Gasteiger partial charge in [-0.15, -0.1) is 0 Å². The van der Waals surface area contributed by atoms with Crippen molar-refractivity contribution in [3.63, 3.8) is 0 Å². The smallest absolute Gasteiger partial charge is 0.422 e. The molecule has 1 aliphatic heterocycles. The summed E-state index contributed by atoms with van der Waals surface area (Å²) in [5.74, 6) is -0.528. The Morgan fingerprint density at radius 3 is 2.64 bits per heavy atom. The van der Waals surface area contributed by atoms with Gasteiger partial charge in [0.05, 0.1) is 0 Å². The highest BCUT2D eigenvalue weighted by atomic mass is 32.2. The topological polar surface area (TPSA) is 42.4 Å². The van der Waals surface area contributed by atoms with Crippen LogP contribution in [0.1, 0.15) is 24.3 Å². The zero-order valence-electron chi connectivity index (χ0n) is 12.3. The summed E-state index contributed by atoms with van der Waals surface area (Å²) in [6.07, 6.45) is -3.08. The molecular formula is C14H17F3N2O2S. The minimum absolute atomic E-state index is 0.0712. The number of hydrogen-bond donors (Lipinski definition) is 0. The summed E-state index contributed by atoms with van der Waals surface area (Å²) < 4.78 is 41.6. The predicted molar refractivity (Wildman–Crippen MR) is 78.2 cm³/mol. The standard InChI is InChI=1S/C14H17F3N2O2S/c1-9-6-19(7-10(2)22-9)13(20)12-11(4-3-5-18-12)21-8-14(15,16)17/h3-5,9-10H,6-8H2,1-2H3/t9-,10-/m0/s1. The molecule has 1 aromatic rings. The van der Waals surface area contributed by atoms with Crippen LogP contribution in [0.3, 0.4) is 0 Å². The van der Waals surface area contributed by atoms with Crippen molar-refractivity contribution < 1.29 is 22.7 Å². The van der Waals surface area contributed by atoms with Crippen LogP contribution in [-0.4, -0.2) is 52.2 Å². The highest BCUT2D eigenvalue weighted by Gasteiger charge is 2.31. The summed E-state index contributed by atoms with van der Waals surface area (Å²) in [6.45, 7) is 3.67. The van der Waals surface area contributed by atoms with E-state index in [9.17, 15) is 18.0 Å². The van der Waals surface area contributed by atoms with E-state index in [4.69, 9.17) is 4.74 Å². The summed E-state index contributed by atoms with van der Waals surface area (Å²) in [5.41, 5.74) is -0.0712. The number of rotatable bonds is 3. The number of thioether (sulfide) groups is 1. The normalized spacial score (nSPS) is 22.5. The molecule has 1 saturated heterocycles. The number of carbonyl (C=O) groups excluding carboxylic acids is 1. The van der Waals surface area contributed by atoms with E-state index in [0.29, 0.717) is 13.1 Å². The summed E-state index contributed by atoms with van der Waals surface area (Å²) in [4.78, 5) is 18.1. The molecule has 0 unspecified atom stereocenters. The molecule has 22 heavy (non-hydrogen) atoms. The maximum absolute atomic E-state index is 12.5. The van der Waals surface area contributed by atoms with Gasteiger partial charge in [-0.1, -0.05) is 13.8 Å². The van der Waals surface area contributed by atoms with Gasteiger partial charge in [0, 0.05) is 29.8 Å². The van der Waals surface area contributed by atoms with Crippen LogP contribution in [0.2, 0.25) is 0 Å². The number of carbonyl (C=O) groups is 1. The Bertz CT molecular complexity index is 529. The summed E-state index contributed by atoms with van der Waals surface area (Å²) in [7, 11) is 0. The summed E-state index contributed by atoms with van der Waals surface area (Å²) in [6, 6.07) is 2.78. The second kappa shape index (κ2) is 6.76. The Balaban J connectivity index is 2.15. The van der Waals surface area contributed by atoms with Crippen LogP contribution in [0.25, 0.3) is 0 Å². The number of ether oxygens (including phenoxy) is 1. The monoisotopic (exact) mass is 334 g/mol. The first kappa shape index (κ1) is 16.9. The maximum atomic E-state index is 12.5. The molecule has 2 rings (SSSR count). The van der Waals surface area contributed by atoms with E-state index < -0.39 is 18.7 Å². The fraction of sp³-hybridized carbons (Fsp3) is 0.571. The van der Waals surface area contributed by atoms with Crippen LogP contribution in [0.15, 0.2) is 18.3 Å². The molecule has 8 heteroatoms. The molecule has 122 valence electrons. The van der Waals surface area contributed by atoms with E-state index in [-0.39, 0.29) is 21.9 Å². The Hall–Kier alpha value is -1.44. The van der Waals surface area contributed by atoms with Crippen molar-refractivity contribution in [2.75, 3.05) is 19.7 Å². The van der Waals surface area contributed by atoms with Crippen LogP contribution < -0.4 is 4.74 Å². The van der Waals surface area contributed by atoms with Gasteiger partial charge in [0.1, 0.15) is 0 Å². The zero-order chi connectivity index (χ0) is 16.3. The average molecular weight is 334 g/mol. The van der Waals surface area contributed by atoms with Gasteiger partial charge in [0.2, 0.25) is 0 Å². The van der Waals surface area contributed by atoms with Crippen LogP contribution in [0.4, 0.5) is 13.2 Å². The van der Waals surface area contributed by atoms with Crippen LogP contribution >= 0.6 is 11.8 Å². The lowest BCUT2D eigenvalue weighted by atomic mass is 10.2. The largest absolute Gasteiger partial charge is 0.482 e. The van der Waals surface area contributed by atoms with Gasteiger partial charge in [-0.05, 0) is 12.1 Å². The lowest BCUT2D eigenvalue weighted by molar-refractivity contribution is -0.153. The van der Waals surface area contributed by atoms with Gasteiger partial charge in [-0.25, -0.2) is 4.98 Å². The van der Waals surface area contributed by atoms with Gasteiger partial charge in [0.15, 0.2) is 18.1 Å². The Kier molecular flexibility index (Phi) is 5.20. The maximum Gasteiger partial charge on any atom is 0.422 e. The van der Waals surface area contributed by atoms with Gasteiger partial charge in [-0.3, -0.25) is 4.79 Å². The van der Waals surface area contributed by atoms with Gasteiger partial charge >= 0.3 is 6.18 Å².